The third-order valence-corrected chi connectivity index (χ3v) is 4.02. The van der Waals surface area contributed by atoms with Crippen LogP contribution in [0.4, 0.5) is 17.1 Å². The lowest BCUT2D eigenvalue weighted by Gasteiger charge is -2.04. The van der Waals surface area contributed by atoms with Gasteiger partial charge in [-0.15, -0.1) is 5.11 Å². The lowest BCUT2D eigenvalue weighted by atomic mass is 10.1. The molecular formula is C17H14BrN3. The van der Waals surface area contributed by atoms with Crippen LogP contribution in [0.3, 0.4) is 0 Å². The van der Waals surface area contributed by atoms with Crippen LogP contribution >= 0.6 is 15.9 Å². The van der Waals surface area contributed by atoms with E-state index in [1.807, 2.05) is 49.4 Å². The lowest BCUT2D eigenvalue weighted by Crippen LogP contribution is -1.89. The molecule has 0 saturated heterocycles. The van der Waals surface area contributed by atoms with Gasteiger partial charge in [-0.25, -0.2) is 0 Å². The van der Waals surface area contributed by atoms with Gasteiger partial charge >= 0.3 is 0 Å². The fourth-order valence-corrected chi connectivity index (χ4v) is 2.75. The van der Waals surface area contributed by atoms with E-state index in [1.54, 1.807) is 0 Å². The van der Waals surface area contributed by atoms with Gasteiger partial charge in [-0.1, -0.05) is 36.4 Å². The van der Waals surface area contributed by atoms with Crippen molar-refractivity contribution in [1.29, 1.82) is 0 Å². The molecule has 0 aliphatic heterocycles. The number of nitrogen functional groups attached to an aromatic ring is 1. The molecule has 104 valence electrons. The van der Waals surface area contributed by atoms with Gasteiger partial charge in [0, 0.05) is 15.5 Å². The van der Waals surface area contributed by atoms with E-state index in [4.69, 9.17) is 5.73 Å². The van der Waals surface area contributed by atoms with Crippen molar-refractivity contribution in [3.63, 3.8) is 0 Å². The molecule has 0 aliphatic rings. The number of rotatable bonds is 2. The number of halogens is 1. The molecule has 3 aromatic rings. The van der Waals surface area contributed by atoms with Gasteiger partial charge < -0.3 is 5.73 Å². The maximum absolute atomic E-state index is 5.91. The minimum absolute atomic E-state index is 0.735. The molecular weight excluding hydrogens is 326 g/mol. The molecule has 21 heavy (non-hydrogen) atoms. The van der Waals surface area contributed by atoms with E-state index in [1.165, 1.54) is 0 Å². The van der Waals surface area contributed by atoms with Crippen molar-refractivity contribution in [3.8, 4) is 0 Å². The molecule has 0 bridgehead atoms. The third kappa shape index (κ3) is 2.81. The number of fused-ring (bicyclic) bond motifs is 1. The first-order chi connectivity index (χ1) is 10.1. The largest absolute Gasteiger partial charge is 0.398 e. The van der Waals surface area contributed by atoms with E-state index in [-0.39, 0.29) is 0 Å². The summed E-state index contributed by atoms with van der Waals surface area (Å²) in [5.74, 6) is 0. The molecule has 3 rings (SSSR count). The number of azo groups is 1. The molecule has 0 unspecified atom stereocenters. The third-order valence-electron chi connectivity index (χ3n) is 3.36. The summed E-state index contributed by atoms with van der Waals surface area (Å²) >= 11 is 3.44. The van der Waals surface area contributed by atoms with Gasteiger partial charge in [0.25, 0.3) is 0 Å². The predicted octanol–water partition coefficient (Wildman–Crippen LogP) is 5.91. The number of aryl methyl sites for hydroxylation is 1. The summed E-state index contributed by atoms with van der Waals surface area (Å²) in [6, 6.07) is 18.0. The van der Waals surface area contributed by atoms with Crippen LogP contribution in [0.2, 0.25) is 0 Å². The van der Waals surface area contributed by atoms with Crippen molar-refractivity contribution >= 4 is 43.8 Å². The number of anilines is 1. The van der Waals surface area contributed by atoms with Crippen LogP contribution in [0.25, 0.3) is 10.8 Å². The SMILES string of the molecule is Cc1cc(N=Nc2cccc3ccccc23)cc(Br)c1N. The van der Waals surface area contributed by atoms with Crippen LogP contribution in [0.5, 0.6) is 0 Å². The summed E-state index contributed by atoms with van der Waals surface area (Å²) < 4.78 is 0.842. The quantitative estimate of drug-likeness (QED) is 0.458. The standard InChI is InChI=1S/C17H14BrN3/c1-11-9-13(10-15(18)17(11)19)20-21-16-8-4-6-12-5-2-3-7-14(12)16/h2-10H,19H2,1H3. The Morgan fingerprint density at radius 3 is 2.52 bits per heavy atom. The second-order valence-electron chi connectivity index (χ2n) is 4.86. The Bertz CT molecular complexity index is 812. The molecule has 3 nitrogen and oxygen atoms in total. The molecule has 0 amide bonds. The average Bonchev–Trinajstić information content (AvgIpc) is 2.50. The van der Waals surface area contributed by atoms with E-state index in [2.05, 4.69) is 38.3 Å². The van der Waals surface area contributed by atoms with Gasteiger partial charge in [0.1, 0.15) is 0 Å². The second-order valence-corrected chi connectivity index (χ2v) is 5.71. The van der Waals surface area contributed by atoms with Gasteiger partial charge in [0.05, 0.1) is 11.4 Å². The summed E-state index contributed by atoms with van der Waals surface area (Å²) in [5, 5.41) is 11.0. The van der Waals surface area contributed by atoms with E-state index in [0.717, 1.165) is 37.9 Å². The summed E-state index contributed by atoms with van der Waals surface area (Å²) in [7, 11) is 0. The Morgan fingerprint density at radius 2 is 1.71 bits per heavy atom. The number of hydrogen-bond acceptors (Lipinski definition) is 3. The van der Waals surface area contributed by atoms with Crippen LogP contribution in [0, 0.1) is 6.92 Å². The monoisotopic (exact) mass is 339 g/mol. The molecule has 0 saturated carbocycles. The summed E-state index contributed by atoms with van der Waals surface area (Å²) in [5.41, 5.74) is 9.27. The van der Waals surface area contributed by atoms with Crippen molar-refractivity contribution in [3.05, 3.63) is 64.6 Å². The lowest BCUT2D eigenvalue weighted by molar-refractivity contribution is 1.23. The molecule has 3 aromatic carbocycles. The zero-order valence-corrected chi connectivity index (χ0v) is 13.1. The highest BCUT2D eigenvalue weighted by molar-refractivity contribution is 9.10. The van der Waals surface area contributed by atoms with Crippen molar-refractivity contribution in [2.24, 2.45) is 10.2 Å². The Balaban J connectivity index is 2.02. The van der Waals surface area contributed by atoms with Gasteiger partial charge in [-0.05, 0) is 52.0 Å². The number of nitrogens with two attached hydrogens (primary N) is 1. The molecule has 0 atom stereocenters. The Hall–Kier alpha value is -2.20. The molecule has 4 heteroatoms. The van der Waals surface area contributed by atoms with Crippen molar-refractivity contribution in [2.75, 3.05) is 5.73 Å². The minimum atomic E-state index is 0.735. The maximum Gasteiger partial charge on any atom is 0.0935 e. The van der Waals surface area contributed by atoms with Crippen molar-refractivity contribution < 1.29 is 0 Å². The fourth-order valence-electron chi connectivity index (χ4n) is 2.20. The first-order valence-electron chi connectivity index (χ1n) is 6.60. The molecule has 0 aromatic heterocycles. The maximum atomic E-state index is 5.91. The zero-order valence-electron chi connectivity index (χ0n) is 11.5. The van der Waals surface area contributed by atoms with Gasteiger partial charge in [-0.3, -0.25) is 0 Å². The van der Waals surface area contributed by atoms with Crippen LogP contribution < -0.4 is 5.73 Å². The van der Waals surface area contributed by atoms with Crippen LogP contribution in [-0.4, -0.2) is 0 Å². The predicted molar refractivity (Wildman–Crippen MR) is 91.4 cm³/mol. The van der Waals surface area contributed by atoms with Crippen molar-refractivity contribution in [2.45, 2.75) is 6.92 Å². The van der Waals surface area contributed by atoms with Gasteiger partial charge in [0.15, 0.2) is 0 Å². The number of hydrogen-bond donors (Lipinski definition) is 1. The highest BCUT2D eigenvalue weighted by Crippen LogP contribution is 2.31. The normalized spacial score (nSPS) is 11.3. The highest BCUT2D eigenvalue weighted by Gasteiger charge is 2.03. The van der Waals surface area contributed by atoms with E-state index in [0.29, 0.717) is 0 Å². The Morgan fingerprint density at radius 1 is 0.952 bits per heavy atom. The van der Waals surface area contributed by atoms with Crippen LogP contribution in [0.1, 0.15) is 5.56 Å². The molecule has 0 radical (unpaired) electrons. The van der Waals surface area contributed by atoms with Gasteiger partial charge in [0.2, 0.25) is 0 Å². The minimum Gasteiger partial charge on any atom is -0.398 e. The van der Waals surface area contributed by atoms with E-state index >= 15 is 0 Å². The van der Waals surface area contributed by atoms with Crippen molar-refractivity contribution in [1.82, 2.24) is 0 Å². The first-order valence-corrected chi connectivity index (χ1v) is 7.39. The summed E-state index contributed by atoms with van der Waals surface area (Å²) in [6.07, 6.45) is 0. The summed E-state index contributed by atoms with van der Waals surface area (Å²) in [6.45, 7) is 1.96. The molecule has 0 spiro atoms. The highest BCUT2D eigenvalue weighted by atomic mass is 79.9. The Labute approximate surface area is 131 Å². The van der Waals surface area contributed by atoms with E-state index < -0.39 is 0 Å². The second kappa shape index (κ2) is 5.66. The zero-order chi connectivity index (χ0) is 14.8. The van der Waals surface area contributed by atoms with E-state index in [9.17, 15) is 0 Å². The summed E-state index contributed by atoms with van der Waals surface area (Å²) in [4.78, 5) is 0. The topological polar surface area (TPSA) is 50.7 Å². The molecule has 2 N–H and O–H groups in total. The van der Waals surface area contributed by atoms with Crippen LogP contribution in [-0.2, 0) is 0 Å². The molecule has 0 heterocycles. The number of benzene rings is 3. The fraction of sp³-hybridized carbons (Fsp3) is 0.0588. The molecule has 0 aliphatic carbocycles. The molecule has 0 fully saturated rings. The Kier molecular flexibility index (Phi) is 3.71. The first kappa shape index (κ1) is 13.8. The van der Waals surface area contributed by atoms with Gasteiger partial charge in [-0.2, -0.15) is 5.11 Å². The van der Waals surface area contributed by atoms with Crippen LogP contribution in [0.15, 0.2) is 69.3 Å². The number of nitrogens with zero attached hydrogens (tertiary/aromatic N) is 2. The smallest absolute Gasteiger partial charge is 0.0935 e. The average molecular weight is 340 g/mol.